The van der Waals surface area contributed by atoms with Crippen LogP contribution in [0.3, 0.4) is 0 Å². The van der Waals surface area contributed by atoms with Gasteiger partial charge < -0.3 is 10.0 Å². The highest BCUT2D eigenvalue weighted by atomic mass is 16.3. The van der Waals surface area contributed by atoms with Gasteiger partial charge in [0, 0.05) is 19.4 Å². The van der Waals surface area contributed by atoms with Gasteiger partial charge in [-0.3, -0.25) is 4.79 Å². The summed E-state index contributed by atoms with van der Waals surface area (Å²) >= 11 is 0. The first-order valence-corrected chi connectivity index (χ1v) is 5.15. The lowest BCUT2D eigenvalue weighted by Crippen LogP contribution is -2.33. The van der Waals surface area contributed by atoms with Gasteiger partial charge in [0.2, 0.25) is 5.91 Å². The van der Waals surface area contributed by atoms with Crippen molar-refractivity contribution in [1.29, 1.82) is 0 Å². The van der Waals surface area contributed by atoms with Crippen molar-refractivity contribution < 1.29 is 9.90 Å². The minimum atomic E-state index is -0.0695. The van der Waals surface area contributed by atoms with Gasteiger partial charge in [0.05, 0.1) is 12.6 Å². The summed E-state index contributed by atoms with van der Waals surface area (Å²) in [6, 6.07) is 9.84. The lowest BCUT2D eigenvalue weighted by molar-refractivity contribution is -0.128. The minimum Gasteiger partial charge on any atom is -0.394 e. The molecule has 0 aliphatic carbocycles. The smallest absolute Gasteiger partial charge is 0.223 e. The largest absolute Gasteiger partial charge is 0.394 e. The van der Waals surface area contributed by atoms with Crippen molar-refractivity contribution in [2.24, 2.45) is 0 Å². The number of hydrogen-bond donors (Lipinski definition) is 1. The first kappa shape index (κ1) is 10.2. The molecule has 15 heavy (non-hydrogen) atoms. The highest BCUT2D eigenvalue weighted by Crippen LogP contribution is 2.32. The van der Waals surface area contributed by atoms with Crippen LogP contribution in [0.2, 0.25) is 0 Å². The zero-order valence-corrected chi connectivity index (χ0v) is 8.76. The Balaban J connectivity index is 2.27. The van der Waals surface area contributed by atoms with Crippen LogP contribution in [-0.4, -0.2) is 35.6 Å². The average Bonchev–Trinajstić information content (AvgIpc) is 2.56. The number of likely N-dealkylation sites (tertiary alicyclic amines) is 1. The zero-order valence-electron chi connectivity index (χ0n) is 8.76. The number of benzene rings is 1. The van der Waals surface area contributed by atoms with Crippen molar-refractivity contribution in [3.05, 3.63) is 35.9 Å². The lowest BCUT2D eigenvalue weighted by Gasteiger charge is -2.22. The third kappa shape index (κ3) is 1.75. The second-order valence-electron chi connectivity index (χ2n) is 3.98. The molecule has 2 rings (SSSR count). The molecular formula is C12H15NO2. The van der Waals surface area contributed by atoms with Gasteiger partial charge in [-0.15, -0.1) is 0 Å². The van der Waals surface area contributed by atoms with Crippen LogP contribution in [0.1, 0.15) is 17.9 Å². The summed E-state index contributed by atoms with van der Waals surface area (Å²) in [5.41, 5.74) is 1.13. The van der Waals surface area contributed by atoms with E-state index in [0.717, 1.165) is 5.56 Å². The van der Waals surface area contributed by atoms with Crippen LogP contribution in [0.15, 0.2) is 30.3 Å². The third-order valence-corrected chi connectivity index (χ3v) is 3.16. The number of aliphatic hydroxyl groups excluding tert-OH is 1. The summed E-state index contributed by atoms with van der Waals surface area (Å²) < 4.78 is 0. The molecule has 0 aromatic heterocycles. The molecule has 1 aliphatic heterocycles. The Kier molecular flexibility index (Phi) is 2.73. The predicted molar refractivity (Wildman–Crippen MR) is 57.4 cm³/mol. The van der Waals surface area contributed by atoms with E-state index in [-0.39, 0.29) is 24.5 Å². The maximum Gasteiger partial charge on any atom is 0.223 e. The fourth-order valence-corrected chi connectivity index (χ4v) is 2.21. The molecule has 0 radical (unpaired) electrons. The SMILES string of the molecule is CN1C(=O)C[C@@H](c2ccccc2)[C@H]1CO. The molecule has 0 bridgehead atoms. The van der Waals surface area contributed by atoms with Crippen molar-refractivity contribution >= 4 is 5.91 Å². The molecule has 1 amide bonds. The van der Waals surface area contributed by atoms with Crippen LogP contribution < -0.4 is 0 Å². The molecule has 0 spiro atoms. The molecule has 80 valence electrons. The molecule has 1 heterocycles. The van der Waals surface area contributed by atoms with Crippen LogP contribution >= 0.6 is 0 Å². The van der Waals surface area contributed by atoms with Gasteiger partial charge >= 0.3 is 0 Å². The van der Waals surface area contributed by atoms with Crippen LogP contribution in [-0.2, 0) is 4.79 Å². The Hall–Kier alpha value is -1.35. The first-order chi connectivity index (χ1) is 7.24. The van der Waals surface area contributed by atoms with Gasteiger partial charge in [0.25, 0.3) is 0 Å². The number of amides is 1. The second kappa shape index (κ2) is 4.03. The molecule has 0 unspecified atom stereocenters. The minimum absolute atomic E-state index is 0.0296. The number of aliphatic hydroxyl groups is 1. The first-order valence-electron chi connectivity index (χ1n) is 5.15. The average molecular weight is 205 g/mol. The van der Waals surface area contributed by atoms with Crippen molar-refractivity contribution in [1.82, 2.24) is 4.90 Å². The molecule has 1 N–H and O–H groups in total. The number of nitrogens with zero attached hydrogens (tertiary/aromatic N) is 1. The van der Waals surface area contributed by atoms with Crippen molar-refractivity contribution in [3.8, 4) is 0 Å². The number of likely N-dealkylation sites (N-methyl/N-ethyl adjacent to an activating group) is 1. The molecule has 1 aliphatic rings. The van der Waals surface area contributed by atoms with E-state index in [4.69, 9.17) is 0 Å². The van der Waals surface area contributed by atoms with Crippen molar-refractivity contribution in [3.63, 3.8) is 0 Å². The van der Waals surface area contributed by atoms with E-state index in [0.29, 0.717) is 6.42 Å². The van der Waals surface area contributed by atoms with E-state index in [2.05, 4.69) is 0 Å². The van der Waals surface area contributed by atoms with Gasteiger partial charge in [0.15, 0.2) is 0 Å². The Morgan fingerprint density at radius 3 is 2.67 bits per heavy atom. The highest BCUT2D eigenvalue weighted by molar-refractivity contribution is 5.80. The molecule has 1 fully saturated rings. The summed E-state index contributed by atoms with van der Waals surface area (Å²) in [4.78, 5) is 13.2. The molecule has 0 saturated carbocycles. The summed E-state index contributed by atoms with van der Waals surface area (Å²) in [6.07, 6.45) is 0.506. The summed E-state index contributed by atoms with van der Waals surface area (Å²) in [5.74, 6) is 0.247. The third-order valence-electron chi connectivity index (χ3n) is 3.16. The molecular weight excluding hydrogens is 190 g/mol. The highest BCUT2D eigenvalue weighted by Gasteiger charge is 2.37. The lowest BCUT2D eigenvalue weighted by atomic mass is 9.92. The Labute approximate surface area is 89.3 Å². The van der Waals surface area contributed by atoms with Crippen LogP contribution in [0.25, 0.3) is 0 Å². The zero-order chi connectivity index (χ0) is 10.8. The van der Waals surface area contributed by atoms with Crippen LogP contribution in [0, 0.1) is 0 Å². The summed E-state index contributed by atoms with van der Waals surface area (Å²) in [6.45, 7) is 0.0296. The number of rotatable bonds is 2. The van der Waals surface area contributed by atoms with E-state index in [9.17, 15) is 9.90 Å². The quantitative estimate of drug-likeness (QED) is 0.782. The molecule has 1 aromatic carbocycles. The fraction of sp³-hybridized carbons (Fsp3) is 0.417. The second-order valence-corrected chi connectivity index (χ2v) is 3.98. The van der Waals surface area contributed by atoms with Crippen molar-refractivity contribution in [2.45, 2.75) is 18.4 Å². The van der Waals surface area contributed by atoms with E-state index in [1.165, 1.54) is 0 Å². The van der Waals surface area contributed by atoms with Gasteiger partial charge in [-0.2, -0.15) is 0 Å². The summed E-state index contributed by atoms with van der Waals surface area (Å²) in [7, 11) is 1.76. The maximum absolute atomic E-state index is 11.5. The molecule has 2 atom stereocenters. The Bertz CT molecular complexity index is 350. The van der Waals surface area contributed by atoms with E-state index in [1.54, 1.807) is 11.9 Å². The fourth-order valence-electron chi connectivity index (χ4n) is 2.21. The van der Waals surface area contributed by atoms with E-state index < -0.39 is 0 Å². The number of hydrogen-bond acceptors (Lipinski definition) is 2. The van der Waals surface area contributed by atoms with Gasteiger partial charge in [0.1, 0.15) is 0 Å². The molecule has 1 saturated heterocycles. The van der Waals surface area contributed by atoms with Crippen LogP contribution in [0.4, 0.5) is 0 Å². The van der Waals surface area contributed by atoms with E-state index >= 15 is 0 Å². The monoisotopic (exact) mass is 205 g/mol. The maximum atomic E-state index is 11.5. The van der Waals surface area contributed by atoms with Gasteiger partial charge in [-0.25, -0.2) is 0 Å². The predicted octanol–water partition coefficient (Wildman–Crippen LogP) is 0.993. The van der Waals surface area contributed by atoms with Crippen LogP contribution in [0.5, 0.6) is 0 Å². The molecule has 1 aromatic rings. The molecule has 3 nitrogen and oxygen atoms in total. The summed E-state index contributed by atoms with van der Waals surface area (Å²) in [5, 5.41) is 9.29. The Morgan fingerprint density at radius 1 is 1.40 bits per heavy atom. The molecule has 3 heteroatoms. The number of carbonyl (C=O) groups excluding carboxylic acids is 1. The topological polar surface area (TPSA) is 40.5 Å². The normalized spacial score (nSPS) is 26.0. The number of carbonyl (C=O) groups is 1. The standard InChI is InChI=1S/C12H15NO2/c1-13-11(8-14)10(7-12(13)15)9-5-3-2-4-6-9/h2-6,10-11,14H,7-8H2,1H3/t10-,11+/m0/s1. The van der Waals surface area contributed by atoms with Crippen molar-refractivity contribution in [2.75, 3.05) is 13.7 Å². The van der Waals surface area contributed by atoms with Gasteiger partial charge in [-0.1, -0.05) is 30.3 Å². The van der Waals surface area contributed by atoms with Gasteiger partial charge in [-0.05, 0) is 5.56 Å². The van der Waals surface area contributed by atoms with E-state index in [1.807, 2.05) is 30.3 Å². The Morgan fingerprint density at radius 2 is 2.07 bits per heavy atom.